The SMILES string of the molecule is CCNC(CN(C)CC(C)C)C(=O)OCC. The molecule has 96 valence electrons. The first kappa shape index (κ1) is 15.4. The molecule has 0 aliphatic carbocycles. The van der Waals surface area contributed by atoms with Gasteiger partial charge in [-0.2, -0.15) is 0 Å². The van der Waals surface area contributed by atoms with Gasteiger partial charge in [0.15, 0.2) is 0 Å². The summed E-state index contributed by atoms with van der Waals surface area (Å²) < 4.78 is 5.03. The van der Waals surface area contributed by atoms with E-state index in [1.54, 1.807) is 0 Å². The summed E-state index contributed by atoms with van der Waals surface area (Å²) in [5.74, 6) is 0.453. The molecule has 4 heteroatoms. The van der Waals surface area contributed by atoms with Crippen LogP contribution in [0.1, 0.15) is 27.7 Å². The van der Waals surface area contributed by atoms with Gasteiger partial charge in [0, 0.05) is 13.1 Å². The minimum absolute atomic E-state index is 0.153. The van der Waals surface area contributed by atoms with E-state index in [9.17, 15) is 4.79 Å². The summed E-state index contributed by atoms with van der Waals surface area (Å²) in [4.78, 5) is 13.8. The third-order valence-corrected chi connectivity index (χ3v) is 2.19. The highest BCUT2D eigenvalue weighted by Crippen LogP contribution is 1.99. The minimum atomic E-state index is -0.214. The fraction of sp³-hybridized carbons (Fsp3) is 0.917. The van der Waals surface area contributed by atoms with E-state index in [0.29, 0.717) is 19.1 Å². The van der Waals surface area contributed by atoms with E-state index < -0.39 is 0 Å². The highest BCUT2D eigenvalue weighted by atomic mass is 16.5. The van der Waals surface area contributed by atoms with E-state index in [0.717, 1.165) is 13.1 Å². The number of carbonyl (C=O) groups is 1. The van der Waals surface area contributed by atoms with E-state index in [1.165, 1.54) is 0 Å². The van der Waals surface area contributed by atoms with Gasteiger partial charge in [0.1, 0.15) is 6.04 Å². The molecule has 0 aromatic rings. The summed E-state index contributed by atoms with van der Waals surface area (Å²) in [5.41, 5.74) is 0. The van der Waals surface area contributed by atoms with E-state index in [-0.39, 0.29) is 12.0 Å². The minimum Gasteiger partial charge on any atom is -0.465 e. The van der Waals surface area contributed by atoms with Crippen molar-refractivity contribution in [2.45, 2.75) is 33.7 Å². The van der Waals surface area contributed by atoms with Gasteiger partial charge in [-0.15, -0.1) is 0 Å². The van der Waals surface area contributed by atoms with Crippen LogP contribution >= 0.6 is 0 Å². The molecule has 0 aromatic heterocycles. The molecule has 1 N–H and O–H groups in total. The zero-order valence-electron chi connectivity index (χ0n) is 11.2. The summed E-state index contributed by atoms with van der Waals surface area (Å²) in [6.07, 6.45) is 0. The molecule has 0 rings (SSSR count). The van der Waals surface area contributed by atoms with Gasteiger partial charge >= 0.3 is 5.97 Å². The largest absolute Gasteiger partial charge is 0.465 e. The molecule has 4 nitrogen and oxygen atoms in total. The number of hydrogen-bond acceptors (Lipinski definition) is 4. The average molecular weight is 230 g/mol. The number of rotatable bonds is 8. The molecule has 1 atom stereocenters. The molecule has 0 bridgehead atoms. The van der Waals surface area contributed by atoms with Crippen molar-refractivity contribution in [3.05, 3.63) is 0 Å². The molecule has 0 aliphatic rings. The van der Waals surface area contributed by atoms with Crippen LogP contribution in [-0.4, -0.2) is 50.2 Å². The molecule has 0 aliphatic heterocycles. The average Bonchev–Trinajstić information content (AvgIpc) is 2.16. The van der Waals surface area contributed by atoms with E-state index in [2.05, 4.69) is 24.1 Å². The first-order valence-electron chi connectivity index (χ1n) is 6.09. The summed E-state index contributed by atoms with van der Waals surface area (Å²) >= 11 is 0. The number of nitrogens with one attached hydrogen (secondary N) is 1. The van der Waals surface area contributed by atoms with Crippen LogP contribution in [0.15, 0.2) is 0 Å². The van der Waals surface area contributed by atoms with Crippen molar-refractivity contribution in [1.82, 2.24) is 10.2 Å². The van der Waals surface area contributed by atoms with Crippen molar-refractivity contribution in [1.29, 1.82) is 0 Å². The lowest BCUT2D eigenvalue weighted by molar-refractivity contribution is -0.146. The Morgan fingerprint density at radius 1 is 1.31 bits per heavy atom. The zero-order chi connectivity index (χ0) is 12.6. The molecule has 0 radical (unpaired) electrons. The second kappa shape index (κ2) is 8.53. The molecule has 0 saturated heterocycles. The maximum Gasteiger partial charge on any atom is 0.324 e. The van der Waals surface area contributed by atoms with Crippen molar-refractivity contribution in [3.8, 4) is 0 Å². The molecular weight excluding hydrogens is 204 g/mol. The Labute approximate surface area is 99.3 Å². The van der Waals surface area contributed by atoms with Gasteiger partial charge in [-0.1, -0.05) is 20.8 Å². The van der Waals surface area contributed by atoms with E-state index in [4.69, 9.17) is 4.74 Å². The second-order valence-electron chi connectivity index (χ2n) is 4.48. The molecule has 0 heterocycles. The number of esters is 1. The van der Waals surface area contributed by atoms with Gasteiger partial charge in [-0.05, 0) is 26.4 Å². The van der Waals surface area contributed by atoms with Crippen molar-refractivity contribution in [2.75, 3.05) is 33.3 Å². The molecule has 0 aromatic carbocycles. The molecule has 0 spiro atoms. The van der Waals surface area contributed by atoms with E-state index in [1.807, 2.05) is 20.9 Å². The van der Waals surface area contributed by atoms with Crippen LogP contribution < -0.4 is 5.32 Å². The zero-order valence-corrected chi connectivity index (χ0v) is 11.2. The number of hydrogen-bond donors (Lipinski definition) is 1. The third kappa shape index (κ3) is 6.80. The lowest BCUT2D eigenvalue weighted by atomic mass is 10.2. The smallest absolute Gasteiger partial charge is 0.324 e. The van der Waals surface area contributed by atoms with Gasteiger partial charge in [-0.3, -0.25) is 4.79 Å². The molecule has 1 unspecified atom stereocenters. The van der Waals surface area contributed by atoms with Gasteiger partial charge in [0.05, 0.1) is 6.61 Å². The Balaban J connectivity index is 4.15. The standard InChI is InChI=1S/C12H26N2O2/c1-6-13-11(12(15)16-7-2)9-14(5)8-10(3)4/h10-11,13H,6-9H2,1-5H3. The highest BCUT2D eigenvalue weighted by Gasteiger charge is 2.20. The van der Waals surface area contributed by atoms with Gasteiger partial charge in [0.2, 0.25) is 0 Å². The molecular formula is C12H26N2O2. The Morgan fingerprint density at radius 3 is 2.38 bits per heavy atom. The van der Waals surface area contributed by atoms with Gasteiger partial charge in [-0.25, -0.2) is 0 Å². The van der Waals surface area contributed by atoms with Crippen molar-refractivity contribution in [3.63, 3.8) is 0 Å². The number of ether oxygens (including phenoxy) is 1. The van der Waals surface area contributed by atoms with Crippen molar-refractivity contribution in [2.24, 2.45) is 5.92 Å². The maximum atomic E-state index is 11.6. The fourth-order valence-corrected chi connectivity index (χ4v) is 1.72. The quantitative estimate of drug-likeness (QED) is 0.634. The summed E-state index contributed by atoms with van der Waals surface area (Å²) in [5, 5.41) is 3.16. The normalized spacial score (nSPS) is 13.2. The number of carbonyl (C=O) groups excluding carboxylic acids is 1. The van der Waals surface area contributed by atoms with Crippen LogP contribution in [0.25, 0.3) is 0 Å². The van der Waals surface area contributed by atoms with Crippen LogP contribution in [0.5, 0.6) is 0 Å². The van der Waals surface area contributed by atoms with Crippen LogP contribution in [0.4, 0.5) is 0 Å². The summed E-state index contributed by atoms with van der Waals surface area (Å²) in [7, 11) is 2.03. The van der Waals surface area contributed by atoms with Gasteiger partial charge in [0.25, 0.3) is 0 Å². The topological polar surface area (TPSA) is 41.6 Å². The third-order valence-electron chi connectivity index (χ3n) is 2.19. The van der Waals surface area contributed by atoms with Crippen LogP contribution in [0, 0.1) is 5.92 Å². The fourth-order valence-electron chi connectivity index (χ4n) is 1.72. The first-order valence-corrected chi connectivity index (χ1v) is 6.09. The van der Waals surface area contributed by atoms with Crippen LogP contribution in [0.2, 0.25) is 0 Å². The molecule has 0 amide bonds. The Kier molecular flexibility index (Phi) is 8.21. The first-order chi connectivity index (χ1) is 7.51. The highest BCUT2D eigenvalue weighted by molar-refractivity contribution is 5.76. The molecule has 0 fully saturated rings. The molecule has 0 saturated carbocycles. The number of nitrogens with zero attached hydrogens (tertiary/aromatic N) is 1. The van der Waals surface area contributed by atoms with Crippen LogP contribution in [-0.2, 0) is 9.53 Å². The summed E-state index contributed by atoms with van der Waals surface area (Å²) in [6, 6.07) is -0.214. The number of likely N-dealkylation sites (N-methyl/N-ethyl adjacent to an activating group) is 2. The lowest BCUT2D eigenvalue weighted by Gasteiger charge is -2.24. The van der Waals surface area contributed by atoms with Crippen molar-refractivity contribution >= 4 is 5.97 Å². The van der Waals surface area contributed by atoms with Crippen LogP contribution in [0.3, 0.4) is 0 Å². The summed E-state index contributed by atoms with van der Waals surface area (Å²) in [6.45, 7) is 11.1. The monoisotopic (exact) mass is 230 g/mol. The predicted octanol–water partition coefficient (Wildman–Crippen LogP) is 1.12. The Morgan fingerprint density at radius 2 is 1.94 bits per heavy atom. The predicted molar refractivity (Wildman–Crippen MR) is 66.4 cm³/mol. The van der Waals surface area contributed by atoms with E-state index >= 15 is 0 Å². The van der Waals surface area contributed by atoms with Gasteiger partial charge < -0.3 is 15.0 Å². The molecule has 16 heavy (non-hydrogen) atoms. The van der Waals surface area contributed by atoms with Crippen molar-refractivity contribution < 1.29 is 9.53 Å². The Hall–Kier alpha value is -0.610. The second-order valence-corrected chi connectivity index (χ2v) is 4.48. The maximum absolute atomic E-state index is 11.6. The lowest BCUT2D eigenvalue weighted by Crippen LogP contribution is -2.46. The Bertz CT molecular complexity index is 195.